The zero-order valence-electron chi connectivity index (χ0n) is 13.2. The van der Waals surface area contributed by atoms with E-state index in [1.54, 1.807) is 6.07 Å². The van der Waals surface area contributed by atoms with Crippen LogP contribution in [0.15, 0.2) is 18.2 Å². The Balaban J connectivity index is 2.87. The molecule has 130 valence electrons. The normalized spacial score (nSPS) is 11.3. The molecule has 1 atom stereocenters. The molecule has 1 aromatic carbocycles. The molecule has 0 spiro atoms. The van der Waals surface area contributed by atoms with E-state index in [0.29, 0.717) is 5.56 Å². The number of aliphatic carboxylic acids is 1. The molecule has 9 heteroatoms. The van der Waals surface area contributed by atoms with Gasteiger partial charge in [0, 0.05) is 13.8 Å². The number of carboxylic acids is 1. The third kappa shape index (κ3) is 6.44. The maximum atomic E-state index is 11.7. The molecular formula is C15H18N2O7. The number of carboxylic acid groups (broad SMARTS) is 1. The summed E-state index contributed by atoms with van der Waals surface area (Å²) >= 11 is 0. The zero-order chi connectivity index (χ0) is 18.3. The Morgan fingerprint density at radius 3 is 2.25 bits per heavy atom. The molecule has 0 aliphatic carbocycles. The summed E-state index contributed by atoms with van der Waals surface area (Å²) < 4.78 is 9.90. The summed E-state index contributed by atoms with van der Waals surface area (Å²) in [4.78, 5) is 44.3. The van der Waals surface area contributed by atoms with Crippen LogP contribution in [0.1, 0.15) is 19.4 Å². The number of ether oxygens (including phenoxy) is 2. The summed E-state index contributed by atoms with van der Waals surface area (Å²) in [6, 6.07) is 3.39. The highest BCUT2D eigenvalue weighted by atomic mass is 16.6. The minimum atomic E-state index is -1.18. The Bertz CT molecular complexity index is 657. The second-order valence-corrected chi connectivity index (χ2v) is 4.89. The maximum Gasteiger partial charge on any atom is 0.322 e. The van der Waals surface area contributed by atoms with Gasteiger partial charge in [-0.2, -0.15) is 0 Å². The molecule has 9 nitrogen and oxygen atoms in total. The molecule has 0 fully saturated rings. The van der Waals surface area contributed by atoms with Gasteiger partial charge in [-0.15, -0.1) is 0 Å². The minimum absolute atomic E-state index is 0.0216. The van der Waals surface area contributed by atoms with Crippen LogP contribution < -0.4 is 20.5 Å². The van der Waals surface area contributed by atoms with Gasteiger partial charge in [-0.05, 0) is 24.1 Å². The Kier molecular flexibility index (Phi) is 6.87. The van der Waals surface area contributed by atoms with Gasteiger partial charge in [0.25, 0.3) is 0 Å². The lowest BCUT2D eigenvalue weighted by Gasteiger charge is -2.14. The first kappa shape index (κ1) is 19.1. The molecule has 0 aromatic heterocycles. The van der Waals surface area contributed by atoms with Crippen LogP contribution in [0.2, 0.25) is 0 Å². The number of nitrogens with one attached hydrogen (secondary N) is 1. The minimum Gasteiger partial charge on any atom is -0.480 e. The first-order chi connectivity index (χ1) is 11.2. The second kappa shape index (κ2) is 8.63. The van der Waals surface area contributed by atoms with E-state index in [1.165, 1.54) is 26.0 Å². The number of hydrogen-bond donors (Lipinski definition) is 3. The molecule has 4 N–H and O–H groups in total. The first-order valence-electron chi connectivity index (χ1n) is 6.94. The third-order valence-corrected chi connectivity index (χ3v) is 2.72. The summed E-state index contributed by atoms with van der Waals surface area (Å²) in [7, 11) is 0. The van der Waals surface area contributed by atoms with E-state index < -0.39 is 36.4 Å². The number of amides is 1. The van der Waals surface area contributed by atoms with Crippen molar-refractivity contribution in [1.29, 1.82) is 0 Å². The highest BCUT2D eigenvalue weighted by Gasteiger charge is 2.17. The van der Waals surface area contributed by atoms with Gasteiger partial charge < -0.3 is 25.6 Å². The van der Waals surface area contributed by atoms with Crippen molar-refractivity contribution in [3.8, 4) is 11.5 Å². The summed E-state index contributed by atoms with van der Waals surface area (Å²) in [5.41, 5.74) is 6.25. The fraction of sp³-hybridized carbons (Fsp3) is 0.333. The van der Waals surface area contributed by atoms with Gasteiger partial charge in [0.2, 0.25) is 5.91 Å². The Morgan fingerprint density at radius 1 is 1.12 bits per heavy atom. The van der Waals surface area contributed by atoms with Gasteiger partial charge in [0.15, 0.2) is 11.5 Å². The largest absolute Gasteiger partial charge is 0.480 e. The Hall–Kier alpha value is -2.94. The summed E-state index contributed by atoms with van der Waals surface area (Å²) in [5.74, 6) is -2.92. The summed E-state index contributed by atoms with van der Waals surface area (Å²) in [5, 5.41) is 10.7. The summed E-state index contributed by atoms with van der Waals surface area (Å²) in [6.07, 6.45) is 0.0695. The van der Waals surface area contributed by atoms with E-state index in [2.05, 4.69) is 5.32 Å². The number of esters is 2. The molecule has 1 amide bonds. The van der Waals surface area contributed by atoms with Crippen LogP contribution in [0, 0.1) is 0 Å². The van der Waals surface area contributed by atoms with E-state index in [1.807, 2.05) is 0 Å². The topological polar surface area (TPSA) is 145 Å². The molecule has 0 bridgehead atoms. The zero-order valence-corrected chi connectivity index (χ0v) is 13.2. The predicted octanol–water partition coefficient (Wildman–Crippen LogP) is -0.392. The molecule has 24 heavy (non-hydrogen) atoms. The fourth-order valence-corrected chi connectivity index (χ4v) is 1.79. The van der Waals surface area contributed by atoms with Crippen LogP contribution in [-0.4, -0.2) is 41.5 Å². The average Bonchev–Trinajstić information content (AvgIpc) is 2.46. The molecule has 1 unspecified atom stereocenters. The number of benzene rings is 1. The van der Waals surface area contributed by atoms with Gasteiger partial charge in [-0.3, -0.25) is 19.2 Å². The number of hydrogen-bond acceptors (Lipinski definition) is 7. The van der Waals surface area contributed by atoms with E-state index in [4.69, 9.17) is 20.3 Å². The lowest BCUT2D eigenvalue weighted by atomic mass is 10.1. The first-order valence-corrected chi connectivity index (χ1v) is 6.94. The molecule has 1 aromatic rings. The number of carbonyl (C=O) groups is 4. The Labute approximate surface area is 137 Å². The van der Waals surface area contributed by atoms with Crippen molar-refractivity contribution in [2.75, 3.05) is 6.54 Å². The summed E-state index contributed by atoms with van der Waals surface area (Å²) in [6.45, 7) is 1.86. The molecule has 0 saturated heterocycles. The molecule has 0 aliphatic rings. The third-order valence-electron chi connectivity index (χ3n) is 2.72. The van der Waals surface area contributed by atoms with Crippen LogP contribution in [0.25, 0.3) is 0 Å². The van der Waals surface area contributed by atoms with Crippen molar-refractivity contribution in [2.45, 2.75) is 26.3 Å². The van der Waals surface area contributed by atoms with Gasteiger partial charge >= 0.3 is 17.9 Å². The van der Waals surface area contributed by atoms with E-state index in [-0.39, 0.29) is 17.9 Å². The standard InChI is InChI=1S/C15H18N2O7/c1-8(18)23-12-4-3-10(6-13(12)24-9(2)19)5-11(16)15(22)17-7-14(20)21/h3-4,6,11H,5,7,16H2,1-2H3,(H,17,22)(H,20,21). The highest BCUT2D eigenvalue weighted by molar-refractivity contribution is 5.85. The van der Waals surface area contributed by atoms with Crippen molar-refractivity contribution in [3.05, 3.63) is 23.8 Å². The van der Waals surface area contributed by atoms with Crippen LogP contribution in [-0.2, 0) is 25.6 Å². The van der Waals surface area contributed by atoms with E-state index in [9.17, 15) is 19.2 Å². The lowest BCUT2D eigenvalue weighted by Crippen LogP contribution is -2.43. The molecule has 0 radical (unpaired) electrons. The predicted molar refractivity (Wildman–Crippen MR) is 81.4 cm³/mol. The van der Waals surface area contributed by atoms with Crippen molar-refractivity contribution in [1.82, 2.24) is 5.32 Å². The van der Waals surface area contributed by atoms with Gasteiger partial charge in [0.05, 0.1) is 6.04 Å². The Morgan fingerprint density at radius 2 is 1.71 bits per heavy atom. The number of rotatable bonds is 7. The molecule has 0 saturated carbocycles. The van der Waals surface area contributed by atoms with Crippen molar-refractivity contribution in [2.24, 2.45) is 5.73 Å². The second-order valence-electron chi connectivity index (χ2n) is 4.89. The van der Waals surface area contributed by atoms with Crippen molar-refractivity contribution in [3.63, 3.8) is 0 Å². The molecule has 0 aliphatic heterocycles. The van der Waals surface area contributed by atoms with E-state index >= 15 is 0 Å². The van der Waals surface area contributed by atoms with Gasteiger partial charge in [-0.1, -0.05) is 6.07 Å². The quantitative estimate of drug-likeness (QED) is 0.450. The molecule has 1 rings (SSSR count). The number of carbonyl (C=O) groups excluding carboxylic acids is 3. The molecular weight excluding hydrogens is 320 g/mol. The highest BCUT2D eigenvalue weighted by Crippen LogP contribution is 2.29. The van der Waals surface area contributed by atoms with Gasteiger partial charge in [-0.25, -0.2) is 0 Å². The number of nitrogens with two attached hydrogens (primary N) is 1. The van der Waals surface area contributed by atoms with Gasteiger partial charge in [0.1, 0.15) is 6.54 Å². The fourth-order valence-electron chi connectivity index (χ4n) is 1.79. The van der Waals surface area contributed by atoms with Crippen LogP contribution >= 0.6 is 0 Å². The average molecular weight is 338 g/mol. The van der Waals surface area contributed by atoms with Crippen LogP contribution in [0.5, 0.6) is 11.5 Å². The smallest absolute Gasteiger partial charge is 0.322 e. The van der Waals surface area contributed by atoms with E-state index in [0.717, 1.165) is 0 Å². The monoisotopic (exact) mass is 338 g/mol. The van der Waals surface area contributed by atoms with Crippen LogP contribution in [0.3, 0.4) is 0 Å². The maximum absolute atomic E-state index is 11.7. The van der Waals surface area contributed by atoms with Crippen molar-refractivity contribution < 1.29 is 33.8 Å². The van der Waals surface area contributed by atoms with Crippen molar-refractivity contribution >= 4 is 23.8 Å². The molecule has 0 heterocycles. The SMILES string of the molecule is CC(=O)Oc1ccc(CC(N)C(=O)NCC(=O)O)cc1OC(C)=O. The van der Waals surface area contributed by atoms with Crippen LogP contribution in [0.4, 0.5) is 0 Å². The lowest BCUT2D eigenvalue weighted by molar-refractivity contribution is -0.138.